The normalized spacial score (nSPS) is 19.1. The number of fused-ring (bicyclic) bond motifs is 2. The van der Waals surface area contributed by atoms with E-state index < -0.39 is 0 Å². The van der Waals surface area contributed by atoms with Crippen LogP contribution in [0.2, 0.25) is 0 Å². The highest BCUT2D eigenvalue weighted by molar-refractivity contribution is 8.03. The number of phenolic OH excluding ortho intramolecular Hbond substituents is 1. The van der Waals surface area contributed by atoms with E-state index in [0.717, 1.165) is 48.7 Å². The van der Waals surface area contributed by atoms with Crippen molar-refractivity contribution in [3.63, 3.8) is 0 Å². The number of allylic oxidation sites excluding steroid dienone is 1. The summed E-state index contributed by atoms with van der Waals surface area (Å²) in [5.41, 5.74) is 3.49. The quantitative estimate of drug-likeness (QED) is 0.283. The zero-order valence-corrected chi connectivity index (χ0v) is 21.3. The summed E-state index contributed by atoms with van der Waals surface area (Å²) in [4.78, 5) is 1.45. The first-order valence-corrected chi connectivity index (χ1v) is 14.6. The zero-order valence-electron chi connectivity index (χ0n) is 20.5. The van der Waals surface area contributed by atoms with Crippen molar-refractivity contribution in [2.24, 2.45) is 5.92 Å². The third kappa shape index (κ3) is 5.69. The molecular formula is C29H44O2S. The maximum Gasteiger partial charge on any atom is 0.140 e. The lowest BCUT2D eigenvalue weighted by molar-refractivity contribution is 0.0860. The lowest BCUT2D eigenvalue weighted by atomic mass is 9.82. The van der Waals surface area contributed by atoms with Crippen LogP contribution in [-0.2, 0) is 6.42 Å². The molecule has 2 heterocycles. The smallest absolute Gasteiger partial charge is 0.140 e. The molecule has 1 aromatic carbocycles. The number of aryl methyl sites for hydroxylation is 1. The standard InChI is InChI=1S/C29H44O2S/c1-3-5-7-9-17-29(18-10-8-6-4-2)28-24(16-19-32-28)27-25(30)20-23(21-26(27)31-29)13-11-12-22-14-15-22/h20-22,30H,3-19H2,1-2H3. The molecule has 3 aliphatic rings. The summed E-state index contributed by atoms with van der Waals surface area (Å²) in [6.45, 7) is 4.57. The van der Waals surface area contributed by atoms with Crippen LogP contribution < -0.4 is 4.74 Å². The predicted octanol–water partition coefficient (Wildman–Crippen LogP) is 9.04. The molecule has 1 N–H and O–H groups in total. The monoisotopic (exact) mass is 456 g/mol. The molecule has 3 heteroatoms. The first-order chi connectivity index (χ1) is 15.7. The van der Waals surface area contributed by atoms with Gasteiger partial charge in [-0.25, -0.2) is 0 Å². The van der Waals surface area contributed by atoms with Crippen LogP contribution in [0.15, 0.2) is 17.0 Å². The molecule has 32 heavy (non-hydrogen) atoms. The van der Waals surface area contributed by atoms with Crippen molar-refractivity contribution in [2.75, 3.05) is 5.75 Å². The molecule has 178 valence electrons. The Balaban J connectivity index is 1.58. The summed E-state index contributed by atoms with van der Waals surface area (Å²) in [5, 5.41) is 11.0. The second-order valence-corrected chi connectivity index (χ2v) is 11.6. The highest BCUT2D eigenvalue weighted by atomic mass is 32.2. The third-order valence-electron chi connectivity index (χ3n) is 7.68. The topological polar surface area (TPSA) is 29.5 Å². The van der Waals surface area contributed by atoms with Gasteiger partial charge in [0, 0.05) is 10.7 Å². The molecule has 0 atom stereocenters. The average molecular weight is 457 g/mol. The Morgan fingerprint density at radius 3 is 2.34 bits per heavy atom. The van der Waals surface area contributed by atoms with Gasteiger partial charge in [-0.3, -0.25) is 0 Å². The highest BCUT2D eigenvalue weighted by Crippen LogP contribution is 2.56. The number of ether oxygens (including phenoxy) is 1. The summed E-state index contributed by atoms with van der Waals surface area (Å²) in [7, 11) is 0. The molecule has 0 bridgehead atoms. The van der Waals surface area contributed by atoms with Crippen LogP contribution in [0.3, 0.4) is 0 Å². The number of aromatic hydroxyl groups is 1. The Kier molecular flexibility index (Phi) is 8.54. The fourth-order valence-corrected chi connectivity index (χ4v) is 7.07. The maximum atomic E-state index is 11.0. The second-order valence-electron chi connectivity index (χ2n) is 10.4. The Hall–Kier alpha value is -1.09. The van der Waals surface area contributed by atoms with Gasteiger partial charge in [0.2, 0.25) is 0 Å². The van der Waals surface area contributed by atoms with Gasteiger partial charge in [0.25, 0.3) is 0 Å². The summed E-state index contributed by atoms with van der Waals surface area (Å²) in [5.74, 6) is 3.52. The van der Waals surface area contributed by atoms with Gasteiger partial charge in [0.1, 0.15) is 17.1 Å². The number of unbranched alkanes of at least 4 members (excludes halogenated alkanes) is 6. The average Bonchev–Trinajstić information content (AvgIpc) is 3.47. The molecule has 0 radical (unpaired) electrons. The van der Waals surface area contributed by atoms with E-state index in [1.54, 1.807) is 0 Å². The van der Waals surface area contributed by atoms with Gasteiger partial charge in [-0.15, -0.1) is 11.8 Å². The molecular weight excluding hydrogens is 412 g/mol. The SMILES string of the molecule is CCCCCCC1(CCCCCC)Oc2cc(CCCC3CC3)cc(O)c2C2=C1SCC2. The molecule has 0 aromatic heterocycles. The third-order valence-corrected chi connectivity index (χ3v) is 8.99. The number of benzene rings is 1. The molecule has 1 aromatic rings. The number of hydrogen-bond acceptors (Lipinski definition) is 3. The molecule has 1 aliphatic carbocycles. The van der Waals surface area contributed by atoms with E-state index in [0.29, 0.717) is 5.75 Å². The Labute approximate surface area is 200 Å². The number of phenols is 1. The highest BCUT2D eigenvalue weighted by Gasteiger charge is 2.45. The minimum Gasteiger partial charge on any atom is -0.507 e. The minimum absolute atomic E-state index is 0.163. The van der Waals surface area contributed by atoms with Gasteiger partial charge in [-0.05, 0) is 74.1 Å². The van der Waals surface area contributed by atoms with Crippen LogP contribution in [-0.4, -0.2) is 16.5 Å². The second kappa shape index (κ2) is 11.4. The molecule has 0 amide bonds. The van der Waals surface area contributed by atoms with Gasteiger partial charge in [-0.1, -0.05) is 71.6 Å². The molecule has 2 aliphatic heterocycles. The van der Waals surface area contributed by atoms with Gasteiger partial charge >= 0.3 is 0 Å². The van der Waals surface area contributed by atoms with E-state index in [1.807, 2.05) is 17.8 Å². The predicted molar refractivity (Wildman–Crippen MR) is 139 cm³/mol. The number of rotatable bonds is 14. The van der Waals surface area contributed by atoms with Crippen molar-refractivity contribution < 1.29 is 9.84 Å². The van der Waals surface area contributed by atoms with Crippen LogP contribution in [0.1, 0.15) is 121 Å². The van der Waals surface area contributed by atoms with E-state index in [-0.39, 0.29) is 5.60 Å². The zero-order chi connectivity index (χ0) is 22.4. The lowest BCUT2D eigenvalue weighted by Gasteiger charge is -2.41. The van der Waals surface area contributed by atoms with Gasteiger partial charge < -0.3 is 9.84 Å². The molecule has 4 rings (SSSR count). The summed E-state index contributed by atoms with van der Waals surface area (Å²) in [6, 6.07) is 4.31. The Bertz CT molecular complexity index is 781. The van der Waals surface area contributed by atoms with Crippen LogP contribution >= 0.6 is 11.8 Å². The van der Waals surface area contributed by atoms with Crippen molar-refractivity contribution in [2.45, 2.75) is 122 Å². The van der Waals surface area contributed by atoms with Crippen LogP contribution in [0.4, 0.5) is 0 Å². The Morgan fingerprint density at radius 1 is 0.969 bits per heavy atom. The van der Waals surface area contributed by atoms with Crippen molar-refractivity contribution >= 4 is 17.3 Å². The van der Waals surface area contributed by atoms with Crippen molar-refractivity contribution in [1.82, 2.24) is 0 Å². The maximum absolute atomic E-state index is 11.0. The summed E-state index contributed by atoms with van der Waals surface area (Å²) >= 11 is 2.00. The lowest BCUT2D eigenvalue weighted by Crippen LogP contribution is -2.40. The van der Waals surface area contributed by atoms with Gasteiger partial charge in [0.15, 0.2) is 0 Å². The van der Waals surface area contributed by atoms with E-state index in [9.17, 15) is 5.11 Å². The van der Waals surface area contributed by atoms with Crippen LogP contribution in [0.25, 0.3) is 5.57 Å². The largest absolute Gasteiger partial charge is 0.507 e. The molecule has 2 nitrogen and oxygen atoms in total. The first kappa shape index (κ1) is 24.0. The van der Waals surface area contributed by atoms with E-state index in [2.05, 4.69) is 19.9 Å². The number of thioether (sulfide) groups is 1. The minimum atomic E-state index is -0.163. The molecule has 1 saturated carbocycles. The van der Waals surface area contributed by atoms with Crippen molar-refractivity contribution in [1.29, 1.82) is 0 Å². The first-order valence-electron chi connectivity index (χ1n) is 13.6. The molecule has 0 spiro atoms. The van der Waals surface area contributed by atoms with Gasteiger partial charge in [0.05, 0.1) is 5.56 Å². The Morgan fingerprint density at radius 2 is 1.69 bits per heavy atom. The van der Waals surface area contributed by atoms with Gasteiger partial charge in [-0.2, -0.15) is 0 Å². The van der Waals surface area contributed by atoms with Crippen molar-refractivity contribution in [3.05, 3.63) is 28.2 Å². The summed E-state index contributed by atoms with van der Waals surface area (Å²) < 4.78 is 7.02. The van der Waals surface area contributed by atoms with E-state index in [1.165, 1.54) is 93.1 Å². The van der Waals surface area contributed by atoms with E-state index in [4.69, 9.17) is 4.74 Å². The fraction of sp³-hybridized carbons (Fsp3) is 0.724. The van der Waals surface area contributed by atoms with Crippen molar-refractivity contribution in [3.8, 4) is 11.5 Å². The van der Waals surface area contributed by atoms with E-state index >= 15 is 0 Å². The summed E-state index contributed by atoms with van der Waals surface area (Å²) in [6.07, 6.45) is 20.0. The van der Waals surface area contributed by atoms with Crippen LogP contribution in [0.5, 0.6) is 11.5 Å². The fourth-order valence-electron chi connectivity index (χ4n) is 5.67. The molecule has 1 fully saturated rings. The molecule has 0 unspecified atom stereocenters. The van der Waals surface area contributed by atoms with Crippen LogP contribution in [0, 0.1) is 5.92 Å². The molecule has 0 saturated heterocycles. The number of hydrogen-bond donors (Lipinski definition) is 1.